The molecule has 106 valence electrons. The second-order valence-electron chi connectivity index (χ2n) is 4.27. The van der Waals surface area contributed by atoms with Crippen LogP contribution in [0.2, 0.25) is 0 Å². The highest BCUT2D eigenvalue weighted by Crippen LogP contribution is 2.31. The van der Waals surface area contributed by atoms with E-state index in [1.165, 1.54) is 6.07 Å². The first kappa shape index (κ1) is 15.5. The van der Waals surface area contributed by atoms with Gasteiger partial charge < -0.3 is 10.5 Å². The molecule has 20 heavy (non-hydrogen) atoms. The van der Waals surface area contributed by atoms with Crippen LogP contribution in [0.25, 0.3) is 0 Å². The molecule has 0 saturated carbocycles. The molecule has 0 spiro atoms. The minimum atomic E-state index is -0.336. The first-order chi connectivity index (χ1) is 9.52. The lowest BCUT2D eigenvalue weighted by Gasteiger charge is -2.16. The van der Waals surface area contributed by atoms with Crippen molar-refractivity contribution in [1.29, 1.82) is 0 Å². The van der Waals surface area contributed by atoms with E-state index >= 15 is 0 Å². The summed E-state index contributed by atoms with van der Waals surface area (Å²) in [7, 11) is 0. The van der Waals surface area contributed by atoms with Gasteiger partial charge in [0.05, 0.1) is 17.1 Å². The second-order valence-corrected chi connectivity index (χ2v) is 5.98. The monoisotopic (exact) mass is 401 g/mol. The lowest BCUT2D eigenvalue weighted by atomic mass is 9.99. The minimum absolute atomic E-state index is 0.299. The van der Waals surface area contributed by atoms with Gasteiger partial charge in [-0.2, -0.15) is 0 Å². The van der Waals surface area contributed by atoms with Crippen LogP contribution < -0.4 is 10.5 Å². The number of rotatable bonds is 4. The molecule has 0 aliphatic carbocycles. The SMILES string of the molecule is CCOc1ccc(C(N)c2ccc(F)c(Br)c2)c(Br)c1. The van der Waals surface area contributed by atoms with Crippen molar-refractivity contribution in [3.8, 4) is 5.75 Å². The van der Waals surface area contributed by atoms with Crippen molar-refractivity contribution in [2.75, 3.05) is 6.61 Å². The van der Waals surface area contributed by atoms with E-state index in [1.807, 2.05) is 25.1 Å². The fraction of sp³-hybridized carbons (Fsp3) is 0.200. The highest BCUT2D eigenvalue weighted by atomic mass is 79.9. The Kier molecular flexibility index (Phi) is 5.18. The zero-order chi connectivity index (χ0) is 14.7. The third-order valence-electron chi connectivity index (χ3n) is 2.92. The van der Waals surface area contributed by atoms with E-state index in [9.17, 15) is 4.39 Å². The van der Waals surface area contributed by atoms with E-state index in [0.717, 1.165) is 21.3 Å². The lowest BCUT2D eigenvalue weighted by molar-refractivity contribution is 0.340. The van der Waals surface area contributed by atoms with Crippen LogP contribution in [-0.4, -0.2) is 6.61 Å². The molecule has 0 saturated heterocycles. The Balaban J connectivity index is 2.32. The summed E-state index contributed by atoms with van der Waals surface area (Å²) in [5.74, 6) is 0.488. The predicted molar refractivity (Wildman–Crippen MR) is 85.4 cm³/mol. The Labute approximate surface area is 134 Å². The van der Waals surface area contributed by atoms with Gasteiger partial charge in [-0.3, -0.25) is 0 Å². The van der Waals surface area contributed by atoms with Gasteiger partial charge >= 0.3 is 0 Å². The molecule has 0 aromatic heterocycles. The topological polar surface area (TPSA) is 35.2 Å². The number of hydrogen-bond donors (Lipinski definition) is 1. The summed E-state index contributed by atoms with van der Waals surface area (Å²) >= 11 is 6.68. The normalized spacial score (nSPS) is 12.2. The molecule has 1 atom stereocenters. The molecule has 5 heteroatoms. The number of nitrogens with two attached hydrogens (primary N) is 1. The van der Waals surface area contributed by atoms with E-state index in [0.29, 0.717) is 11.1 Å². The van der Waals surface area contributed by atoms with Crippen molar-refractivity contribution in [3.05, 3.63) is 62.3 Å². The molecular formula is C15H14Br2FNO. The van der Waals surface area contributed by atoms with Crippen LogP contribution in [0.15, 0.2) is 45.3 Å². The van der Waals surface area contributed by atoms with Crippen molar-refractivity contribution < 1.29 is 9.13 Å². The maximum atomic E-state index is 13.3. The lowest BCUT2D eigenvalue weighted by Crippen LogP contribution is -2.12. The highest BCUT2D eigenvalue weighted by Gasteiger charge is 2.14. The van der Waals surface area contributed by atoms with Gasteiger partial charge in [-0.15, -0.1) is 0 Å². The quantitative estimate of drug-likeness (QED) is 0.797. The minimum Gasteiger partial charge on any atom is -0.494 e. The van der Waals surface area contributed by atoms with Crippen molar-refractivity contribution in [2.45, 2.75) is 13.0 Å². The molecule has 0 amide bonds. The molecule has 1 unspecified atom stereocenters. The van der Waals surface area contributed by atoms with Gasteiger partial charge in [-0.1, -0.05) is 28.1 Å². The van der Waals surface area contributed by atoms with Crippen molar-refractivity contribution in [1.82, 2.24) is 0 Å². The van der Waals surface area contributed by atoms with Gasteiger partial charge in [0.15, 0.2) is 0 Å². The van der Waals surface area contributed by atoms with Gasteiger partial charge in [-0.05, 0) is 58.2 Å². The summed E-state index contributed by atoms with van der Waals surface area (Å²) in [5.41, 5.74) is 8.01. The number of halogens is 3. The molecule has 0 fully saturated rings. The maximum Gasteiger partial charge on any atom is 0.137 e. The summed E-state index contributed by atoms with van der Waals surface area (Å²) in [6, 6.07) is 10.1. The molecule has 0 bridgehead atoms. The van der Waals surface area contributed by atoms with Crippen LogP contribution in [0, 0.1) is 5.82 Å². The first-order valence-corrected chi connectivity index (χ1v) is 7.74. The molecular weight excluding hydrogens is 389 g/mol. The van der Waals surface area contributed by atoms with Crippen LogP contribution in [-0.2, 0) is 0 Å². The molecule has 0 aliphatic rings. The van der Waals surface area contributed by atoms with Gasteiger partial charge in [0, 0.05) is 4.47 Å². The standard InChI is InChI=1S/C15H14Br2FNO/c1-2-20-10-4-5-11(12(16)8-10)15(19)9-3-6-14(18)13(17)7-9/h3-8,15H,2,19H2,1H3. The summed E-state index contributed by atoms with van der Waals surface area (Å²) in [6.07, 6.45) is 0. The fourth-order valence-electron chi connectivity index (χ4n) is 1.90. The van der Waals surface area contributed by atoms with Crippen LogP contribution in [0.1, 0.15) is 24.1 Å². The molecule has 2 rings (SSSR count). The largest absolute Gasteiger partial charge is 0.494 e. The fourth-order valence-corrected chi connectivity index (χ4v) is 2.90. The summed E-state index contributed by atoms with van der Waals surface area (Å²) in [4.78, 5) is 0. The average Bonchev–Trinajstić information content (AvgIpc) is 2.42. The molecule has 2 aromatic rings. The van der Waals surface area contributed by atoms with Crippen LogP contribution >= 0.6 is 31.9 Å². The molecule has 0 aliphatic heterocycles. The van der Waals surface area contributed by atoms with Crippen LogP contribution in [0.4, 0.5) is 4.39 Å². The Morgan fingerprint density at radius 2 is 1.90 bits per heavy atom. The third kappa shape index (κ3) is 3.40. The Hall–Kier alpha value is -0.910. The van der Waals surface area contributed by atoms with Crippen molar-refractivity contribution in [3.63, 3.8) is 0 Å². The second kappa shape index (κ2) is 6.70. The average molecular weight is 403 g/mol. The highest BCUT2D eigenvalue weighted by molar-refractivity contribution is 9.10. The molecule has 2 aromatic carbocycles. The zero-order valence-corrected chi connectivity index (χ0v) is 14.0. The van der Waals surface area contributed by atoms with Crippen LogP contribution in [0.3, 0.4) is 0 Å². The smallest absolute Gasteiger partial charge is 0.137 e. The van der Waals surface area contributed by atoms with Gasteiger partial charge in [0.1, 0.15) is 11.6 Å². The van der Waals surface area contributed by atoms with Crippen molar-refractivity contribution in [2.24, 2.45) is 5.73 Å². The number of benzene rings is 2. The molecule has 2 nitrogen and oxygen atoms in total. The third-order valence-corrected chi connectivity index (χ3v) is 4.22. The maximum absolute atomic E-state index is 13.3. The molecule has 2 N–H and O–H groups in total. The molecule has 0 heterocycles. The summed E-state index contributed by atoms with van der Waals surface area (Å²) in [6.45, 7) is 2.55. The summed E-state index contributed by atoms with van der Waals surface area (Å²) < 4.78 is 20.0. The molecule has 0 radical (unpaired) electrons. The Morgan fingerprint density at radius 1 is 1.15 bits per heavy atom. The van der Waals surface area contributed by atoms with E-state index in [1.54, 1.807) is 12.1 Å². The predicted octanol–water partition coefficient (Wildman–Crippen LogP) is 4.80. The Bertz CT molecular complexity index is 619. The van der Waals surface area contributed by atoms with E-state index in [-0.39, 0.29) is 11.9 Å². The number of hydrogen-bond acceptors (Lipinski definition) is 2. The number of ether oxygens (including phenoxy) is 1. The van der Waals surface area contributed by atoms with E-state index < -0.39 is 0 Å². The Morgan fingerprint density at radius 3 is 2.50 bits per heavy atom. The van der Waals surface area contributed by atoms with Crippen LogP contribution in [0.5, 0.6) is 5.75 Å². The summed E-state index contributed by atoms with van der Waals surface area (Å²) in [5, 5.41) is 0. The van der Waals surface area contributed by atoms with Crippen molar-refractivity contribution >= 4 is 31.9 Å². The van der Waals surface area contributed by atoms with E-state index in [2.05, 4.69) is 31.9 Å². The van der Waals surface area contributed by atoms with Gasteiger partial charge in [-0.25, -0.2) is 4.39 Å². The van der Waals surface area contributed by atoms with Gasteiger partial charge in [0.2, 0.25) is 0 Å². The first-order valence-electron chi connectivity index (χ1n) is 6.15. The zero-order valence-electron chi connectivity index (χ0n) is 10.9. The van der Waals surface area contributed by atoms with E-state index in [4.69, 9.17) is 10.5 Å². The van der Waals surface area contributed by atoms with Gasteiger partial charge in [0.25, 0.3) is 0 Å².